The first-order valence-corrected chi connectivity index (χ1v) is 9.18. The fourth-order valence-corrected chi connectivity index (χ4v) is 4.92. The van der Waals surface area contributed by atoms with Crippen molar-refractivity contribution < 1.29 is 4.74 Å². The summed E-state index contributed by atoms with van der Waals surface area (Å²) in [5.74, 6) is 1.87. The molecule has 2 aliphatic rings. The molecule has 120 valence electrons. The van der Waals surface area contributed by atoms with Gasteiger partial charge in [-0.2, -0.15) is 0 Å². The zero-order chi connectivity index (χ0) is 16.2. The van der Waals surface area contributed by atoms with Crippen LogP contribution in [0.3, 0.4) is 0 Å². The van der Waals surface area contributed by atoms with Crippen LogP contribution in [0.15, 0.2) is 39.9 Å². The summed E-state index contributed by atoms with van der Waals surface area (Å²) in [6, 6.07) is 8.26. The van der Waals surface area contributed by atoms with Crippen LogP contribution in [-0.4, -0.2) is 22.0 Å². The third kappa shape index (κ3) is 2.33. The molecule has 2 aromatic rings. The number of fused-ring (bicyclic) bond motifs is 3. The third-order valence-electron chi connectivity index (χ3n) is 3.84. The molecule has 23 heavy (non-hydrogen) atoms. The topological polar surface area (TPSA) is 43.2 Å². The van der Waals surface area contributed by atoms with Crippen LogP contribution in [0.2, 0.25) is 0 Å². The average molecular weight is 346 g/mol. The summed E-state index contributed by atoms with van der Waals surface area (Å²) in [5.41, 5.74) is 1.18. The Morgan fingerprint density at radius 1 is 1.13 bits per heavy atom. The van der Waals surface area contributed by atoms with Gasteiger partial charge in [0.1, 0.15) is 16.2 Å². The van der Waals surface area contributed by atoms with Crippen LogP contribution in [-0.2, 0) is 5.41 Å². The Morgan fingerprint density at radius 3 is 2.52 bits per heavy atom. The summed E-state index contributed by atoms with van der Waals surface area (Å²) in [6.45, 7) is 6.51. The summed E-state index contributed by atoms with van der Waals surface area (Å²) < 4.78 is 7.44. The van der Waals surface area contributed by atoms with E-state index in [1.807, 2.05) is 23.9 Å². The van der Waals surface area contributed by atoms with Gasteiger partial charge in [0, 0.05) is 10.8 Å². The Kier molecular flexibility index (Phi) is 3.39. The molecule has 3 heterocycles. The lowest BCUT2D eigenvalue weighted by atomic mass is 9.96. The van der Waals surface area contributed by atoms with Crippen LogP contribution < -0.4 is 9.75 Å². The van der Waals surface area contributed by atoms with Crippen LogP contribution in [0.5, 0.6) is 5.75 Å². The van der Waals surface area contributed by atoms with Crippen molar-refractivity contribution in [3.05, 3.63) is 46.1 Å². The van der Waals surface area contributed by atoms with E-state index >= 15 is 0 Å². The van der Waals surface area contributed by atoms with Crippen molar-refractivity contribution in [2.45, 2.75) is 36.7 Å². The van der Waals surface area contributed by atoms with Gasteiger partial charge in [0.25, 0.3) is 0 Å². The number of hydrogen-bond donors (Lipinski definition) is 0. The van der Waals surface area contributed by atoms with Gasteiger partial charge in [-0.05, 0) is 29.5 Å². The molecule has 0 aliphatic carbocycles. The van der Waals surface area contributed by atoms with Gasteiger partial charge in [0.2, 0.25) is 5.16 Å². The summed E-state index contributed by atoms with van der Waals surface area (Å²) in [5, 5.41) is 15.6. The summed E-state index contributed by atoms with van der Waals surface area (Å²) in [4.78, 5) is 0. The van der Waals surface area contributed by atoms with Crippen molar-refractivity contribution in [2.24, 2.45) is 0 Å². The van der Waals surface area contributed by atoms with Crippen LogP contribution in [0.4, 0.5) is 0 Å². The maximum Gasteiger partial charge on any atom is 0.216 e. The van der Waals surface area contributed by atoms with Gasteiger partial charge in [-0.3, -0.25) is 5.01 Å². The van der Waals surface area contributed by atoms with E-state index in [4.69, 9.17) is 4.74 Å². The number of hydrogen-bond acceptors (Lipinski definition) is 6. The van der Waals surface area contributed by atoms with Crippen molar-refractivity contribution in [2.75, 3.05) is 12.1 Å². The second-order valence-corrected chi connectivity index (χ2v) is 8.47. The molecule has 0 amide bonds. The van der Waals surface area contributed by atoms with Gasteiger partial charge < -0.3 is 4.74 Å². The standard InChI is InChI=1S/C16H18N4OS2/c1-16(2,3)14-17-18-15-20(14)19-12(23-15)9-22-13(19)10-5-7-11(21-4)8-6-10/h5-9,13H,1-4H3. The molecular formula is C16H18N4OS2. The molecule has 1 aromatic heterocycles. The van der Waals surface area contributed by atoms with Crippen molar-refractivity contribution >= 4 is 23.5 Å². The van der Waals surface area contributed by atoms with Crippen LogP contribution in [0.25, 0.3) is 0 Å². The van der Waals surface area contributed by atoms with Crippen LogP contribution in [0, 0.1) is 0 Å². The van der Waals surface area contributed by atoms with E-state index in [0.29, 0.717) is 0 Å². The predicted molar refractivity (Wildman–Crippen MR) is 94.2 cm³/mol. The predicted octanol–water partition coefficient (Wildman–Crippen LogP) is 3.87. The highest BCUT2D eigenvalue weighted by Gasteiger charge is 2.41. The number of nitrogens with zero attached hydrogens (tertiary/aromatic N) is 4. The highest BCUT2D eigenvalue weighted by atomic mass is 32.2. The molecule has 0 fully saturated rings. The molecule has 1 atom stereocenters. The van der Waals surface area contributed by atoms with Crippen LogP contribution >= 0.6 is 23.5 Å². The lowest BCUT2D eigenvalue weighted by molar-refractivity contribution is 0.414. The van der Waals surface area contributed by atoms with E-state index in [1.165, 1.54) is 10.6 Å². The molecule has 7 heteroatoms. The molecule has 2 aliphatic heterocycles. The summed E-state index contributed by atoms with van der Waals surface area (Å²) in [6.07, 6.45) is 0. The second kappa shape index (κ2) is 5.21. The largest absolute Gasteiger partial charge is 0.497 e. The molecule has 0 bridgehead atoms. The first-order valence-electron chi connectivity index (χ1n) is 7.42. The number of thioether (sulfide) groups is 2. The lowest BCUT2D eigenvalue weighted by Crippen LogP contribution is -2.34. The lowest BCUT2D eigenvalue weighted by Gasteiger charge is -2.28. The molecular weight excluding hydrogens is 328 g/mol. The second-order valence-electron chi connectivity index (χ2n) is 6.53. The molecule has 0 N–H and O–H groups in total. The van der Waals surface area contributed by atoms with E-state index < -0.39 is 0 Å². The molecule has 0 spiro atoms. The zero-order valence-corrected chi connectivity index (χ0v) is 15.1. The van der Waals surface area contributed by atoms with E-state index in [2.05, 4.69) is 58.2 Å². The number of rotatable bonds is 2. The first kappa shape index (κ1) is 15.0. The number of methoxy groups -OCH3 is 1. The Bertz CT molecular complexity index is 776. The average Bonchev–Trinajstić information content (AvgIpc) is 3.16. The molecule has 1 aromatic carbocycles. The fourth-order valence-electron chi connectivity index (χ4n) is 2.70. The molecule has 0 saturated heterocycles. The number of benzene rings is 1. The Hall–Kier alpha value is -1.60. The summed E-state index contributed by atoms with van der Waals surface area (Å²) >= 11 is 3.49. The van der Waals surface area contributed by atoms with E-state index in [0.717, 1.165) is 16.7 Å². The Labute approximate surface area is 144 Å². The van der Waals surface area contributed by atoms with Crippen molar-refractivity contribution in [3.63, 3.8) is 0 Å². The van der Waals surface area contributed by atoms with E-state index in [9.17, 15) is 0 Å². The number of ether oxygens (including phenoxy) is 1. The number of aromatic nitrogens is 3. The van der Waals surface area contributed by atoms with Gasteiger partial charge in [-0.25, -0.2) is 4.68 Å². The van der Waals surface area contributed by atoms with Gasteiger partial charge in [-0.1, -0.05) is 44.7 Å². The minimum atomic E-state index is -0.0566. The third-order valence-corrected chi connectivity index (χ3v) is 6.03. The minimum Gasteiger partial charge on any atom is -0.497 e. The van der Waals surface area contributed by atoms with Crippen LogP contribution in [0.1, 0.15) is 37.5 Å². The highest BCUT2D eigenvalue weighted by Crippen LogP contribution is 2.51. The summed E-state index contributed by atoms with van der Waals surface area (Å²) in [7, 11) is 1.69. The monoisotopic (exact) mass is 346 g/mol. The molecule has 0 saturated carbocycles. The van der Waals surface area contributed by atoms with Gasteiger partial charge in [-0.15, -0.1) is 10.2 Å². The molecule has 5 nitrogen and oxygen atoms in total. The van der Waals surface area contributed by atoms with E-state index in [-0.39, 0.29) is 10.8 Å². The van der Waals surface area contributed by atoms with Gasteiger partial charge in [0.15, 0.2) is 5.82 Å². The zero-order valence-electron chi connectivity index (χ0n) is 13.5. The Balaban J connectivity index is 1.75. The van der Waals surface area contributed by atoms with Gasteiger partial charge >= 0.3 is 0 Å². The van der Waals surface area contributed by atoms with Gasteiger partial charge in [0.05, 0.1) is 7.11 Å². The van der Waals surface area contributed by atoms with Crippen molar-refractivity contribution in [1.82, 2.24) is 14.9 Å². The maximum atomic E-state index is 5.26. The molecule has 4 rings (SSSR count). The molecule has 0 radical (unpaired) electrons. The highest BCUT2D eigenvalue weighted by molar-refractivity contribution is 8.07. The smallest absolute Gasteiger partial charge is 0.216 e. The maximum absolute atomic E-state index is 5.26. The molecule has 1 unspecified atom stereocenters. The van der Waals surface area contributed by atoms with Crippen molar-refractivity contribution in [3.8, 4) is 5.75 Å². The fraction of sp³-hybridized carbons (Fsp3) is 0.375. The normalized spacial score (nSPS) is 19.6. The van der Waals surface area contributed by atoms with Crippen molar-refractivity contribution in [1.29, 1.82) is 0 Å². The quantitative estimate of drug-likeness (QED) is 0.822. The SMILES string of the molecule is COc1ccc(C2SC=C3Sc4nnc(C(C)(C)C)n4N32)cc1. The first-order chi connectivity index (χ1) is 11.0. The Morgan fingerprint density at radius 2 is 1.87 bits per heavy atom. The minimum absolute atomic E-state index is 0.0566. The van der Waals surface area contributed by atoms with E-state index in [1.54, 1.807) is 18.9 Å².